The van der Waals surface area contributed by atoms with E-state index in [1.807, 2.05) is 0 Å². The number of terminal acetylenes is 1. The van der Waals surface area contributed by atoms with Crippen molar-refractivity contribution in [3.63, 3.8) is 0 Å². The molecule has 0 aliphatic carbocycles. The van der Waals surface area contributed by atoms with Gasteiger partial charge in [-0.2, -0.15) is 0 Å². The highest BCUT2D eigenvalue weighted by Gasteiger charge is 1.94. The summed E-state index contributed by atoms with van der Waals surface area (Å²) in [5, 5.41) is 11.3. The van der Waals surface area contributed by atoms with Crippen molar-refractivity contribution in [2.45, 2.75) is 19.3 Å². The highest BCUT2D eigenvalue weighted by Crippen LogP contribution is 1.85. The zero-order chi connectivity index (χ0) is 8.53. The molecule has 0 aromatic heterocycles. The summed E-state index contributed by atoms with van der Waals surface area (Å²) in [4.78, 5) is 10.0. The number of hydrogen-bond acceptors (Lipinski definition) is 2. The summed E-state index contributed by atoms with van der Waals surface area (Å²) >= 11 is 0. The lowest BCUT2D eigenvalue weighted by Gasteiger charge is -1.98. The molecule has 62 valence electrons. The van der Waals surface area contributed by atoms with Gasteiger partial charge in [-0.05, 0) is 13.0 Å². The van der Waals surface area contributed by atoms with Gasteiger partial charge in [0.15, 0.2) is 0 Å². The largest absolute Gasteiger partial charge is 0.481 e. The van der Waals surface area contributed by atoms with Crippen molar-refractivity contribution in [1.29, 1.82) is 0 Å². The fourth-order valence-electron chi connectivity index (χ4n) is 0.650. The van der Waals surface area contributed by atoms with Crippen molar-refractivity contribution in [3.8, 4) is 12.3 Å². The van der Waals surface area contributed by atoms with E-state index in [1.165, 1.54) is 0 Å². The van der Waals surface area contributed by atoms with Crippen LogP contribution in [0, 0.1) is 12.3 Å². The Balaban J connectivity index is 2.92. The van der Waals surface area contributed by atoms with E-state index in [1.54, 1.807) is 0 Å². The molecule has 0 amide bonds. The van der Waals surface area contributed by atoms with Gasteiger partial charge in [-0.25, -0.2) is 0 Å². The normalized spacial score (nSPS) is 9.00. The summed E-state index contributed by atoms with van der Waals surface area (Å²) in [6, 6.07) is 0. The van der Waals surface area contributed by atoms with Gasteiger partial charge in [0.25, 0.3) is 0 Å². The van der Waals surface area contributed by atoms with Gasteiger partial charge in [-0.1, -0.05) is 0 Å². The number of carbonyl (C=O) groups is 1. The maximum Gasteiger partial charge on any atom is 0.303 e. The molecule has 3 heteroatoms. The van der Waals surface area contributed by atoms with Gasteiger partial charge in [-0.3, -0.25) is 4.79 Å². The third-order valence-electron chi connectivity index (χ3n) is 1.19. The van der Waals surface area contributed by atoms with Crippen LogP contribution in [0.15, 0.2) is 0 Å². The molecular formula is C8H13NO2. The maximum absolute atomic E-state index is 10.0. The summed E-state index contributed by atoms with van der Waals surface area (Å²) in [5.41, 5.74) is 0. The molecule has 3 nitrogen and oxygen atoms in total. The summed E-state index contributed by atoms with van der Waals surface area (Å²) < 4.78 is 0. The van der Waals surface area contributed by atoms with E-state index >= 15 is 0 Å². The summed E-state index contributed by atoms with van der Waals surface area (Å²) in [5.74, 6) is 1.74. The first kappa shape index (κ1) is 9.99. The molecule has 0 spiro atoms. The van der Waals surface area contributed by atoms with E-state index in [4.69, 9.17) is 11.5 Å². The highest BCUT2D eigenvalue weighted by atomic mass is 16.4. The van der Waals surface area contributed by atoms with Crippen LogP contribution in [0.25, 0.3) is 0 Å². The van der Waals surface area contributed by atoms with Crippen molar-refractivity contribution in [3.05, 3.63) is 0 Å². The van der Waals surface area contributed by atoms with E-state index in [-0.39, 0.29) is 6.42 Å². The van der Waals surface area contributed by atoms with E-state index in [0.717, 1.165) is 13.1 Å². The first-order valence-electron chi connectivity index (χ1n) is 3.63. The minimum atomic E-state index is -0.747. The second-order valence-corrected chi connectivity index (χ2v) is 2.20. The molecular weight excluding hydrogens is 142 g/mol. The Morgan fingerprint density at radius 1 is 1.55 bits per heavy atom. The van der Waals surface area contributed by atoms with Crippen molar-refractivity contribution < 1.29 is 9.90 Å². The molecule has 2 N–H and O–H groups in total. The van der Waals surface area contributed by atoms with Gasteiger partial charge >= 0.3 is 5.97 Å². The van der Waals surface area contributed by atoms with Crippen molar-refractivity contribution in [2.75, 3.05) is 13.1 Å². The number of aliphatic carboxylic acids is 1. The fraction of sp³-hybridized carbons (Fsp3) is 0.625. The van der Waals surface area contributed by atoms with E-state index in [0.29, 0.717) is 12.8 Å². The van der Waals surface area contributed by atoms with E-state index in [2.05, 4.69) is 11.2 Å². The summed E-state index contributed by atoms with van der Waals surface area (Å²) in [6.07, 6.45) is 6.60. The van der Waals surface area contributed by atoms with Crippen LogP contribution in [0.4, 0.5) is 0 Å². The van der Waals surface area contributed by atoms with Crippen LogP contribution in [-0.4, -0.2) is 24.2 Å². The number of carboxylic acid groups (broad SMARTS) is 1. The molecule has 0 bridgehead atoms. The third-order valence-corrected chi connectivity index (χ3v) is 1.19. The molecule has 0 unspecified atom stereocenters. The standard InChI is InChI=1S/C8H13NO2/c1-2-3-6-9-7-4-5-8(10)11/h1,9H,3-7H2,(H,10,11). The first-order chi connectivity index (χ1) is 5.27. The Morgan fingerprint density at radius 3 is 2.82 bits per heavy atom. The van der Waals surface area contributed by atoms with Crippen LogP contribution in [0.1, 0.15) is 19.3 Å². The lowest BCUT2D eigenvalue weighted by atomic mass is 10.3. The third kappa shape index (κ3) is 8.99. The zero-order valence-corrected chi connectivity index (χ0v) is 6.47. The Hall–Kier alpha value is -1.01. The van der Waals surface area contributed by atoms with Crippen LogP contribution in [0.3, 0.4) is 0 Å². The molecule has 11 heavy (non-hydrogen) atoms. The minimum Gasteiger partial charge on any atom is -0.481 e. The number of carboxylic acids is 1. The minimum absolute atomic E-state index is 0.225. The molecule has 0 fully saturated rings. The Labute approximate surface area is 66.8 Å². The van der Waals surface area contributed by atoms with Crippen molar-refractivity contribution >= 4 is 5.97 Å². The number of rotatable bonds is 6. The monoisotopic (exact) mass is 155 g/mol. The van der Waals surface area contributed by atoms with Gasteiger partial charge in [-0.15, -0.1) is 12.3 Å². The molecule has 0 atom stereocenters. The Kier molecular flexibility index (Phi) is 6.45. The topological polar surface area (TPSA) is 49.3 Å². The molecule has 0 saturated carbocycles. The predicted molar refractivity (Wildman–Crippen MR) is 43.2 cm³/mol. The predicted octanol–water partition coefficient (Wildman–Crippen LogP) is 0.464. The van der Waals surface area contributed by atoms with Gasteiger partial charge in [0.05, 0.1) is 0 Å². The van der Waals surface area contributed by atoms with Gasteiger partial charge in [0.1, 0.15) is 0 Å². The molecule has 0 aliphatic rings. The molecule has 0 rings (SSSR count). The molecule has 0 saturated heterocycles. The van der Waals surface area contributed by atoms with Gasteiger partial charge < -0.3 is 10.4 Å². The van der Waals surface area contributed by atoms with Gasteiger partial charge in [0.2, 0.25) is 0 Å². The summed E-state index contributed by atoms with van der Waals surface area (Å²) in [6.45, 7) is 1.50. The average Bonchev–Trinajstić information content (AvgIpc) is 1.96. The van der Waals surface area contributed by atoms with E-state index in [9.17, 15) is 4.79 Å². The SMILES string of the molecule is C#CCCNCCCC(=O)O. The smallest absolute Gasteiger partial charge is 0.303 e. The maximum atomic E-state index is 10.0. The molecule has 0 radical (unpaired) electrons. The van der Waals surface area contributed by atoms with Crippen LogP contribution >= 0.6 is 0 Å². The Bertz CT molecular complexity index is 149. The zero-order valence-electron chi connectivity index (χ0n) is 6.47. The molecule has 0 aromatic rings. The second-order valence-electron chi connectivity index (χ2n) is 2.20. The lowest BCUT2D eigenvalue weighted by molar-refractivity contribution is -0.137. The molecule has 0 heterocycles. The highest BCUT2D eigenvalue weighted by molar-refractivity contribution is 5.66. The average molecular weight is 155 g/mol. The van der Waals surface area contributed by atoms with Crippen LogP contribution in [0.5, 0.6) is 0 Å². The molecule has 0 aromatic carbocycles. The second kappa shape index (κ2) is 7.10. The van der Waals surface area contributed by atoms with Gasteiger partial charge in [0, 0.05) is 19.4 Å². The fourth-order valence-corrected chi connectivity index (χ4v) is 0.650. The Morgan fingerprint density at radius 2 is 2.27 bits per heavy atom. The number of hydrogen-bond donors (Lipinski definition) is 2. The number of nitrogens with one attached hydrogen (secondary N) is 1. The van der Waals surface area contributed by atoms with Crippen LogP contribution < -0.4 is 5.32 Å². The van der Waals surface area contributed by atoms with Crippen molar-refractivity contribution in [1.82, 2.24) is 5.32 Å². The molecule has 0 aliphatic heterocycles. The summed E-state index contributed by atoms with van der Waals surface area (Å²) in [7, 11) is 0. The van der Waals surface area contributed by atoms with Crippen LogP contribution in [-0.2, 0) is 4.79 Å². The van der Waals surface area contributed by atoms with Crippen LogP contribution in [0.2, 0.25) is 0 Å². The van der Waals surface area contributed by atoms with E-state index < -0.39 is 5.97 Å². The van der Waals surface area contributed by atoms with Crippen molar-refractivity contribution in [2.24, 2.45) is 0 Å². The first-order valence-corrected chi connectivity index (χ1v) is 3.63. The quantitative estimate of drug-likeness (QED) is 0.433. The lowest BCUT2D eigenvalue weighted by Crippen LogP contribution is -2.17.